The van der Waals surface area contributed by atoms with Gasteiger partial charge in [0, 0.05) is 31.6 Å². The largest absolute Gasteiger partial charge is 0.332 e. The van der Waals surface area contributed by atoms with Gasteiger partial charge in [0.25, 0.3) is 0 Å². The first kappa shape index (κ1) is 18.0. The molecule has 0 saturated heterocycles. The van der Waals surface area contributed by atoms with E-state index in [1.165, 1.54) is 33.3 Å². The number of hydrogen-bond donors (Lipinski definition) is 1. The van der Waals surface area contributed by atoms with Gasteiger partial charge in [-0.1, -0.05) is 56.3 Å². The van der Waals surface area contributed by atoms with Crippen molar-refractivity contribution in [3.63, 3.8) is 0 Å². The van der Waals surface area contributed by atoms with Gasteiger partial charge < -0.3 is 4.98 Å². The summed E-state index contributed by atoms with van der Waals surface area (Å²) in [5, 5.41) is 1.44. The minimum atomic E-state index is -1.75. The van der Waals surface area contributed by atoms with Gasteiger partial charge in [0.1, 0.15) is 8.24 Å². The normalized spacial score (nSPS) is 16.7. The maximum atomic E-state index is 4.18. The fraction of sp³-hybridized carbons (Fsp3) is 0.391. The first-order valence-electron chi connectivity index (χ1n) is 9.80. The van der Waals surface area contributed by atoms with Crippen LogP contribution in [0.2, 0.25) is 12.1 Å². The van der Waals surface area contributed by atoms with Crippen LogP contribution in [0.15, 0.2) is 48.5 Å². The Morgan fingerprint density at radius 3 is 2.31 bits per heavy atom. The maximum Gasteiger partial charge on any atom is 0.138 e. The fourth-order valence-corrected chi connectivity index (χ4v) is 11.8. The highest BCUT2D eigenvalue weighted by molar-refractivity contribution is 7.20. The third kappa shape index (κ3) is 2.68. The Hall–Kier alpha value is -1.42. The van der Waals surface area contributed by atoms with E-state index in [-0.39, 0.29) is 5.54 Å². The lowest BCUT2D eigenvalue weighted by Crippen LogP contribution is -2.61. The number of rotatable bonds is 4. The van der Waals surface area contributed by atoms with Crippen LogP contribution in [0.3, 0.4) is 0 Å². The molecule has 0 bridgehead atoms. The summed E-state index contributed by atoms with van der Waals surface area (Å²) in [4.78, 5) is 5.79. The summed E-state index contributed by atoms with van der Waals surface area (Å²) in [5.74, 6) is 0. The fourth-order valence-electron chi connectivity index (χ4n) is 4.87. The van der Waals surface area contributed by atoms with Crippen LogP contribution in [0.25, 0.3) is 21.2 Å². The molecule has 1 aliphatic carbocycles. The van der Waals surface area contributed by atoms with Gasteiger partial charge >= 0.3 is 0 Å². The molecule has 3 heteroatoms. The molecule has 1 unspecified atom stereocenters. The highest BCUT2D eigenvalue weighted by Gasteiger charge is 2.48. The lowest BCUT2D eigenvalue weighted by molar-refractivity contribution is 0.504. The third-order valence-corrected chi connectivity index (χ3v) is 12.8. The molecule has 4 rings (SSSR count). The average molecular weight is 380 g/mol. The van der Waals surface area contributed by atoms with E-state index in [0.717, 1.165) is 0 Å². The molecular weight excluding hydrogens is 350 g/mol. The Morgan fingerprint density at radius 1 is 0.962 bits per heavy atom. The molecule has 1 aromatic heterocycles. The molecular formula is C23H29NSSi. The average Bonchev–Trinajstić information content (AvgIpc) is 3.13. The van der Waals surface area contributed by atoms with Crippen molar-refractivity contribution >= 4 is 29.7 Å². The molecule has 0 saturated carbocycles. The lowest BCUT2D eigenvalue weighted by Gasteiger charge is -2.42. The summed E-state index contributed by atoms with van der Waals surface area (Å²) in [5.41, 5.74) is 5.25. The highest BCUT2D eigenvalue weighted by Crippen LogP contribution is 2.56. The van der Waals surface area contributed by atoms with Gasteiger partial charge in [0.05, 0.1) is 0 Å². The van der Waals surface area contributed by atoms with Crippen LogP contribution in [0.1, 0.15) is 50.6 Å². The van der Waals surface area contributed by atoms with Crippen molar-refractivity contribution in [3.8, 4) is 11.1 Å². The van der Waals surface area contributed by atoms with Crippen molar-refractivity contribution in [2.24, 2.45) is 0 Å². The number of nitrogens with one attached hydrogen (secondary N) is 1. The second-order valence-electron chi connectivity index (χ2n) is 8.60. The minimum absolute atomic E-state index is 0.145. The molecule has 0 amide bonds. The van der Waals surface area contributed by atoms with E-state index in [2.05, 4.69) is 88.1 Å². The molecule has 136 valence electrons. The standard InChI is InChI=1S/C23H29NSSi/c1-6-26(7-2,24-23(3,4)5)22-17-13-9-8-12-16(17)20-18-14-10-11-15-19(18)25-21(20)22/h8-15,22,24H,6-7H2,1-5H3. The van der Waals surface area contributed by atoms with Crippen molar-refractivity contribution in [1.29, 1.82) is 0 Å². The van der Waals surface area contributed by atoms with E-state index < -0.39 is 8.24 Å². The summed E-state index contributed by atoms with van der Waals surface area (Å²) in [6.45, 7) is 11.8. The summed E-state index contributed by atoms with van der Waals surface area (Å²) in [6.07, 6.45) is 0. The minimum Gasteiger partial charge on any atom is -0.332 e. The molecule has 1 aliphatic rings. The Bertz CT molecular complexity index is 946. The summed E-state index contributed by atoms with van der Waals surface area (Å²) in [6, 6.07) is 20.6. The molecule has 1 heterocycles. The van der Waals surface area contributed by atoms with Crippen LogP contribution in [0.4, 0.5) is 0 Å². The predicted octanol–water partition coefficient (Wildman–Crippen LogP) is 6.93. The summed E-state index contributed by atoms with van der Waals surface area (Å²) >= 11 is 2.03. The zero-order valence-electron chi connectivity index (χ0n) is 16.5. The smallest absolute Gasteiger partial charge is 0.138 e. The van der Waals surface area contributed by atoms with Crippen LogP contribution < -0.4 is 4.98 Å². The van der Waals surface area contributed by atoms with Gasteiger partial charge in [-0.2, -0.15) is 0 Å². The Balaban J connectivity index is 2.00. The van der Waals surface area contributed by atoms with Crippen LogP contribution in [0, 0.1) is 0 Å². The van der Waals surface area contributed by atoms with Crippen molar-refractivity contribution in [2.75, 3.05) is 0 Å². The molecule has 0 aliphatic heterocycles. The van der Waals surface area contributed by atoms with E-state index in [4.69, 9.17) is 0 Å². The Morgan fingerprint density at radius 2 is 1.62 bits per heavy atom. The van der Waals surface area contributed by atoms with Crippen molar-refractivity contribution in [1.82, 2.24) is 4.98 Å². The van der Waals surface area contributed by atoms with Crippen LogP contribution >= 0.6 is 11.3 Å². The maximum absolute atomic E-state index is 4.18. The predicted molar refractivity (Wildman–Crippen MR) is 119 cm³/mol. The highest BCUT2D eigenvalue weighted by atomic mass is 32.1. The zero-order chi connectivity index (χ0) is 18.5. The van der Waals surface area contributed by atoms with E-state index in [1.807, 2.05) is 11.3 Å². The molecule has 0 spiro atoms. The van der Waals surface area contributed by atoms with Crippen molar-refractivity contribution in [2.45, 2.75) is 57.8 Å². The Labute approximate surface area is 162 Å². The summed E-state index contributed by atoms with van der Waals surface area (Å²) < 4.78 is 1.43. The van der Waals surface area contributed by atoms with Crippen molar-refractivity contribution < 1.29 is 0 Å². The van der Waals surface area contributed by atoms with Gasteiger partial charge in [0.2, 0.25) is 0 Å². The van der Waals surface area contributed by atoms with E-state index in [1.54, 1.807) is 10.4 Å². The van der Waals surface area contributed by atoms with Gasteiger partial charge in [0.15, 0.2) is 0 Å². The van der Waals surface area contributed by atoms with E-state index in [0.29, 0.717) is 5.54 Å². The van der Waals surface area contributed by atoms with Crippen LogP contribution in [-0.4, -0.2) is 13.8 Å². The molecule has 0 fully saturated rings. The monoisotopic (exact) mass is 379 g/mol. The zero-order valence-corrected chi connectivity index (χ0v) is 18.3. The molecule has 2 aromatic carbocycles. The SMILES string of the molecule is CC[Si](CC)(NC(C)(C)C)C1c2ccccc2-c2c1sc1ccccc21. The quantitative estimate of drug-likeness (QED) is 0.485. The topological polar surface area (TPSA) is 12.0 Å². The molecule has 1 N–H and O–H groups in total. The number of thiophene rings is 1. The second kappa shape index (κ2) is 6.33. The molecule has 1 nitrogen and oxygen atoms in total. The van der Waals surface area contributed by atoms with Gasteiger partial charge in [-0.25, -0.2) is 0 Å². The summed E-state index contributed by atoms with van der Waals surface area (Å²) in [7, 11) is -1.75. The molecule has 1 atom stereocenters. The van der Waals surface area contributed by atoms with Gasteiger partial charge in [-0.05, 0) is 50.1 Å². The number of hydrogen-bond acceptors (Lipinski definition) is 2. The lowest BCUT2D eigenvalue weighted by atomic mass is 10.0. The molecule has 26 heavy (non-hydrogen) atoms. The van der Waals surface area contributed by atoms with Gasteiger partial charge in [-0.15, -0.1) is 11.3 Å². The number of benzene rings is 2. The first-order valence-corrected chi connectivity index (χ1v) is 13.1. The first-order chi connectivity index (χ1) is 12.4. The van der Waals surface area contributed by atoms with Gasteiger partial charge in [-0.3, -0.25) is 0 Å². The number of fused-ring (bicyclic) bond motifs is 5. The van der Waals surface area contributed by atoms with Crippen LogP contribution in [-0.2, 0) is 0 Å². The van der Waals surface area contributed by atoms with E-state index in [9.17, 15) is 0 Å². The van der Waals surface area contributed by atoms with Crippen LogP contribution in [0.5, 0.6) is 0 Å². The second-order valence-corrected chi connectivity index (χ2v) is 14.2. The molecule has 0 radical (unpaired) electrons. The molecule has 3 aromatic rings. The van der Waals surface area contributed by atoms with E-state index >= 15 is 0 Å². The Kier molecular flexibility index (Phi) is 4.37. The third-order valence-electron chi connectivity index (χ3n) is 5.86. The van der Waals surface area contributed by atoms with Crippen molar-refractivity contribution in [3.05, 3.63) is 59.0 Å².